The molecule has 3 N–H and O–H groups in total. The smallest absolute Gasteiger partial charge is 0.400 e. The van der Waals surface area contributed by atoms with Gasteiger partial charge in [-0.2, -0.15) is 13.2 Å². The predicted octanol–water partition coefficient (Wildman–Crippen LogP) is 2.34. The van der Waals surface area contributed by atoms with Crippen molar-refractivity contribution >= 4 is 38.6 Å². The lowest BCUT2D eigenvalue weighted by Gasteiger charge is -2.18. The highest BCUT2D eigenvalue weighted by Gasteiger charge is 2.37. The van der Waals surface area contributed by atoms with E-state index in [1.165, 1.54) is 0 Å². The van der Waals surface area contributed by atoms with Crippen molar-refractivity contribution < 1.29 is 34.8 Å². The molecular formula is C16H18F3N5O5S2. The lowest BCUT2D eigenvalue weighted by atomic mass is 10.1. The van der Waals surface area contributed by atoms with Gasteiger partial charge in [-0.15, -0.1) is 0 Å². The first-order valence-corrected chi connectivity index (χ1v) is 11.7. The Hall–Kier alpha value is -2.94. The second-order valence-electron chi connectivity index (χ2n) is 6.28. The van der Waals surface area contributed by atoms with Crippen molar-refractivity contribution in [1.82, 2.24) is 15.4 Å². The van der Waals surface area contributed by atoms with E-state index in [0.717, 1.165) is 12.5 Å². The van der Waals surface area contributed by atoms with Gasteiger partial charge in [-0.3, -0.25) is 16.2 Å². The van der Waals surface area contributed by atoms with E-state index < -0.39 is 55.0 Å². The first-order valence-electron chi connectivity index (χ1n) is 8.29. The zero-order valence-corrected chi connectivity index (χ0v) is 18.3. The number of halogens is 3. The summed E-state index contributed by atoms with van der Waals surface area (Å²) >= 11 is -2.15. The molecule has 0 aliphatic rings. The van der Waals surface area contributed by atoms with Crippen molar-refractivity contribution in [2.45, 2.75) is 24.9 Å². The summed E-state index contributed by atoms with van der Waals surface area (Å²) in [5.74, 6) is -1.00. The molecule has 2 aromatic rings. The number of carbonyl (C=O) groups excluding carboxylic acids is 1. The van der Waals surface area contributed by atoms with E-state index in [0.29, 0.717) is 23.5 Å². The van der Waals surface area contributed by atoms with Crippen molar-refractivity contribution in [1.29, 1.82) is 0 Å². The number of nitrogens with zero attached hydrogens (tertiary/aromatic N) is 2. The molecule has 0 aliphatic carbocycles. The minimum atomic E-state index is -4.96. The van der Waals surface area contributed by atoms with E-state index >= 15 is 0 Å². The lowest BCUT2D eigenvalue weighted by Crippen LogP contribution is -2.35. The Morgan fingerprint density at radius 2 is 1.71 bits per heavy atom. The summed E-state index contributed by atoms with van der Waals surface area (Å²) in [6.07, 6.45) is -3.24. The number of aromatic nitrogens is 2. The fourth-order valence-corrected chi connectivity index (χ4v) is 3.64. The van der Waals surface area contributed by atoms with Gasteiger partial charge in [-0.25, -0.2) is 27.4 Å². The van der Waals surface area contributed by atoms with Crippen LogP contribution in [-0.2, 0) is 27.1 Å². The average Bonchev–Trinajstić information content (AvgIpc) is 2.57. The summed E-state index contributed by atoms with van der Waals surface area (Å²) in [6.45, 7) is 3.33. The average molecular weight is 481 g/mol. The highest BCUT2D eigenvalue weighted by Crippen LogP contribution is 2.40. The Kier molecular flexibility index (Phi) is 7.10. The zero-order chi connectivity index (χ0) is 23.6. The van der Waals surface area contributed by atoms with E-state index in [9.17, 15) is 30.6 Å². The van der Waals surface area contributed by atoms with Gasteiger partial charge >= 0.3 is 12.2 Å². The molecule has 0 bridgehead atoms. The van der Waals surface area contributed by atoms with Crippen LogP contribution in [0.3, 0.4) is 0 Å². The second-order valence-corrected chi connectivity index (χ2v) is 9.23. The number of anilines is 2. The van der Waals surface area contributed by atoms with Crippen LogP contribution in [0.25, 0.3) is 0 Å². The minimum absolute atomic E-state index is 0.0645. The number of hydrazine groups is 1. The molecule has 15 heteroatoms. The normalized spacial score (nSPS) is 12.7. The number of hydrogen-bond donors (Lipinski definition) is 3. The molecule has 1 aromatic heterocycles. The molecule has 10 nitrogen and oxygen atoms in total. The number of nitrogens with one attached hydrogen (secondary N) is 3. The van der Waals surface area contributed by atoms with Crippen molar-refractivity contribution in [2.24, 2.45) is 0 Å². The molecule has 2 rings (SSSR count). The van der Waals surface area contributed by atoms with Crippen LogP contribution in [0.5, 0.6) is 5.75 Å². The van der Waals surface area contributed by atoms with Gasteiger partial charge in [0.1, 0.15) is 5.56 Å². The standard InChI is InChI=1S/C16H18F3N5O5S2/c1-8-5-9(2)21-14(20-8)22-15(25)24-23-11-6-10(16(17,18)19)12(29-30(3)26)7-13(11)31(4,27)28/h5-7,23H,1-4H3,(H2,20,21,22,24,25). The summed E-state index contributed by atoms with van der Waals surface area (Å²) in [4.78, 5) is 19.4. The van der Waals surface area contributed by atoms with Crippen LogP contribution >= 0.6 is 0 Å². The summed E-state index contributed by atoms with van der Waals surface area (Å²) in [7, 11) is -4.08. The summed E-state index contributed by atoms with van der Waals surface area (Å²) in [6, 6.07) is 1.69. The molecule has 0 aliphatic heterocycles. The third-order valence-electron chi connectivity index (χ3n) is 3.51. The van der Waals surface area contributed by atoms with Gasteiger partial charge in [-0.05, 0) is 26.0 Å². The molecule has 0 fully saturated rings. The zero-order valence-electron chi connectivity index (χ0n) is 16.6. The highest BCUT2D eigenvalue weighted by molar-refractivity contribution is 7.90. The fourth-order valence-electron chi connectivity index (χ4n) is 2.42. The Bertz CT molecular complexity index is 1120. The molecule has 0 radical (unpaired) electrons. The molecule has 0 saturated heterocycles. The maximum absolute atomic E-state index is 13.4. The Balaban J connectivity index is 2.37. The molecule has 0 spiro atoms. The quantitative estimate of drug-likeness (QED) is 0.534. The van der Waals surface area contributed by atoms with E-state index in [1.54, 1.807) is 19.9 Å². The Morgan fingerprint density at radius 1 is 1.13 bits per heavy atom. The first kappa shape index (κ1) is 24.3. The number of benzene rings is 1. The molecule has 2 amide bonds. The van der Waals surface area contributed by atoms with Gasteiger partial charge in [0.2, 0.25) is 17.0 Å². The molecule has 170 valence electrons. The first-order chi connectivity index (χ1) is 14.2. The van der Waals surface area contributed by atoms with Crippen molar-refractivity contribution in [3.63, 3.8) is 0 Å². The van der Waals surface area contributed by atoms with E-state index in [2.05, 4.69) is 24.9 Å². The van der Waals surface area contributed by atoms with Crippen molar-refractivity contribution in [3.05, 3.63) is 35.2 Å². The Labute approximate surface area is 178 Å². The SMILES string of the molecule is Cc1cc(C)nc(NC(=O)NNc2cc(C(F)(F)F)c(OS(C)=O)cc2S(C)(=O)=O)n1. The predicted molar refractivity (Wildman–Crippen MR) is 107 cm³/mol. The lowest BCUT2D eigenvalue weighted by molar-refractivity contribution is -0.138. The van der Waals surface area contributed by atoms with Gasteiger partial charge in [0, 0.05) is 30.0 Å². The molecular weight excluding hydrogens is 463 g/mol. The van der Waals surface area contributed by atoms with Crippen LogP contribution in [-0.4, -0.2) is 41.1 Å². The van der Waals surface area contributed by atoms with E-state index in [4.69, 9.17) is 0 Å². The van der Waals surface area contributed by atoms with Crippen LogP contribution in [0, 0.1) is 13.8 Å². The molecule has 1 heterocycles. The summed E-state index contributed by atoms with van der Waals surface area (Å²) in [5, 5.41) is 2.26. The number of rotatable bonds is 6. The topological polar surface area (TPSA) is 139 Å². The van der Waals surface area contributed by atoms with Crippen LogP contribution in [0.15, 0.2) is 23.1 Å². The van der Waals surface area contributed by atoms with Crippen LogP contribution < -0.4 is 20.4 Å². The maximum Gasteiger partial charge on any atom is 0.420 e. The van der Waals surface area contributed by atoms with Crippen LogP contribution in [0.4, 0.5) is 29.6 Å². The van der Waals surface area contributed by atoms with E-state index in [1.807, 2.05) is 5.43 Å². The van der Waals surface area contributed by atoms with Crippen LogP contribution in [0.2, 0.25) is 0 Å². The van der Waals surface area contributed by atoms with E-state index in [-0.39, 0.29) is 5.95 Å². The van der Waals surface area contributed by atoms with Gasteiger partial charge in [0.25, 0.3) is 0 Å². The molecule has 1 unspecified atom stereocenters. The van der Waals surface area contributed by atoms with Gasteiger partial charge in [-0.1, -0.05) is 0 Å². The third-order valence-corrected chi connectivity index (χ3v) is 5.06. The largest absolute Gasteiger partial charge is 0.420 e. The van der Waals surface area contributed by atoms with Crippen molar-refractivity contribution in [3.8, 4) is 5.75 Å². The molecule has 1 atom stereocenters. The number of aryl methyl sites for hydroxylation is 2. The third kappa shape index (κ3) is 6.78. The molecule has 1 aromatic carbocycles. The molecule has 31 heavy (non-hydrogen) atoms. The molecule has 0 saturated carbocycles. The Morgan fingerprint density at radius 3 is 2.19 bits per heavy atom. The number of urea groups is 1. The number of alkyl halides is 3. The second kappa shape index (κ2) is 9.05. The highest BCUT2D eigenvalue weighted by atomic mass is 32.2. The maximum atomic E-state index is 13.4. The summed E-state index contributed by atoms with van der Waals surface area (Å²) in [5.41, 5.74) is 3.31. The van der Waals surface area contributed by atoms with Gasteiger partial charge in [0.05, 0.1) is 10.6 Å². The van der Waals surface area contributed by atoms with Crippen LogP contribution in [0.1, 0.15) is 17.0 Å². The number of sulfone groups is 1. The number of carbonyl (C=O) groups is 1. The van der Waals surface area contributed by atoms with Gasteiger partial charge < -0.3 is 4.18 Å². The summed E-state index contributed by atoms with van der Waals surface area (Å²) < 4.78 is 80.2. The van der Waals surface area contributed by atoms with Crippen molar-refractivity contribution in [2.75, 3.05) is 23.3 Å². The monoisotopic (exact) mass is 481 g/mol. The minimum Gasteiger partial charge on any atom is -0.400 e. The van der Waals surface area contributed by atoms with Gasteiger partial charge in [0.15, 0.2) is 15.6 Å². The fraction of sp³-hybridized carbons (Fsp3) is 0.312. The number of amides is 2. The number of hydrogen-bond acceptors (Lipinski definition) is 8.